The highest BCUT2D eigenvalue weighted by Crippen LogP contribution is 2.17. The molecule has 0 heterocycles. The normalized spacial score (nSPS) is 43.5. The third kappa shape index (κ3) is 3.38. The van der Waals surface area contributed by atoms with Crippen molar-refractivity contribution in [2.45, 2.75) is 38.1 Å². The lowest BCUT2D eigenvalue weighted by molar-refractivity contribution is 0.0990. The van der Waals surface area contributed by atoms with Crippen LogP contribution < -0.4 is 0 Å². The average Bonchev–Trinajstić information content (AvgIpc) is 2.16. The topological polar surface area (TPSA) is 20.2 Å². The van der Waals surface area contributed by atoms with Crippen molar-refractivity contribution in [1.82, 2.24) is 0 Å². The number of hydrogen-bond donors (Lipinski definition) is 1. The third-order valence-corrected chi connectivity index (χ3v) is 1.80. The zero-order chi connectivity index (χ0) is 10.7. The fraction of sp³-hybridized carbons (Fsp3) is 0.600. The van der Waals surface area contributed by atoms with Crippen LogP contribution in [0, 0.1) is 0 Å². The van der Waals surface area contributed by atoms with Gasteiger partial charge in [0, 0.05) is 4.11 Å². The number of aliphatic hydroxyl groups is 1. The van der Waals surface area contributed by atoms with Gasteiger partial charge in [0.05, 0.1) is 5.60 Å². The van der Waals surface area contributed by atoms with Crippen molar-refractivity contribution in [3.8, 4) is 0 Å². The maximum atomic E-state index is 9.95. The van der Waals surface area contributed by atoms with E-state index in [4.69, 9.17) is 4.11 Å². The molecule has 0 aliphatic heterocycles. The molecule has 1 heteroatoms. The van der Waals surface area contributed by atoms with Crippen LogP contribution in [0.5, 0.6) is 0 Å². The van der Waals surface area contributed by atoms with Crippen molar-refractivity contribution in [2.24, 2.45) is 0 Å². The van der Waals surface area contributed by atoms with Crippen molar-refractivity contribution in [1.29, 1.82) is 0 Å². The SMILES string of the molecule is [2H]C([2H])([2H])C1(O)/C=C\C=C/CCCC1. The number of rotatable bonds is 0. The van der Waals surface area contributed by atoms with Crippen LogP contribution in [0.15, 0.2) is 24.3 Å². The summed E-state index contributed by atoms with van der Waals surface area (Å²) in [5.41, 5.74) is -1.65. The molecule has 0 fully saturated rings. The maximum absolute atomic E-state index is 9.95. The molecule has 0 radical (unpaired) electrons. The van der Waals surface area contributed by atoms with Crippen LogP contribution in [-0.2, 0) is 0 Å². The lowest BCUT2D eigenvalue weighted by atomic mass is 9.99. The van der Waals surface area contributed by atoms with E-state index in [9.17, 15) is 5.11 Å². The largest absolute Gasteiger partial charge is 0.386 e. The first kappa shape index (κ1) is 5.15. The molecule has 1 aliphatic rings. The standard InChI is InChI=1S/C10H16O/c1-10(11)8-6-4-2-3-5-7-9-10/h2,4,6,8,11H,3,5,7,9H2,1H3/b4-2-,8-6-/i1D3. The summed E-state index contributed by atoms with van der Waals surface area (Å²) >= 11 is 0. The minimum Gasteiger partial charge on any atom is -0.386 e. The molecule has 1 nitrogen and oxygen atoms in total. The van der Waals surface area contributed by atoms with Gasteiger partial charge in [-0.1, -0.05) is 24.3 Å². The Morgan fingerprint density at radius 3 is 3.18 bits per heavy atom. The minimum atomic E-state index is -2.33. The Balaban J connectivity index is 2.83. The highest BCUT2D eigenvalue weighted by Gasteiger charge is 2.14. The Kier molecular flexibility index (Phi) is 1.74. The van der Waals surface area contributed by atoms with E-state index in [1.54, 1.807) is 12.2 Å². The van der Waals surface area contributed by atoms with E-state index in [0.29, 0.717) is 6.42 Å². The molecule has 1 atom stereocenters. The Morgan fingerprint density at radius 1 is 1.45 bits per heavy atom. The van der Waals surface area contributed by atoms with E-state index in [-0.39, 0.29) is 0 Å². The Morgan fingerprint density at radius 2 is 2.36 bits per heavy atom. The quantitative estimate of drug-likeness (QED) is 0.569. The van der Waals surface area contributed by atoms with E-state index in [0.717, 1.165) is 19.3 Å². The van der Waals surface area contributed by atoms with Crippen LogP contribution in [0.4, 0.5) is 0 Å². The lowest BCUT2D eigenvalue weighted by Crippen LogP contribution is -2.19. The Labute approximate surface area is 72.6 Å². The molecule has 1 rings (SSSR count). The molecule has 0 aromatic carbocycles. The van der Waals surface area contributed by atoms with Gasteiger partial charge in [0.25, 0.3) is 0 Å². The maximum Gasteiger partial charge on any atom is 0.0802 e. The molecule has 1 aliphatic carbocycles. The van der Waals surface area contributed by atoms with Crippen molar-refractivity contribution in [2.75, 3.05) is 0 Å². The molecule has 62 valence electrons. The third-order valence-electron chi connectivity index (χ3n) is 1.80. The number of hydrogen-bond acceptors (Lipinski definition) is 1. The van der Waals surface area contributed by atoms with Gasteiger partial charge in [0.2, 0.25) is 0 Å². The van der Waals surface area contributed by atoms with Crippen molar-refractivity contribution < 1.29 is 9.22 Å². The summed E-state index contributed by atoms with van der Waals surface area (Å²) in [6.45, 7) is -2.33. The summed E-state index contributed by atoms with van der Waals surface area (Å²) in [6, 6.07) is 0. The molecule has 0 aromatic rings. The van der Waals surface area contributed by atoms with Crippen molar-refractivity contribution >= 4 is 0 Å². The molecule has 0 bridgehead atoms. The molecular weight excluding hydrogens is 136 g/mol. The summed E-state index contributed by atoms with van der Waals surface area (Å²) in [5, 5.41) is 9.95. The zero-order valence-electron chi connectivity index (χ0n) is 9.59. The molecule has 0 spiro atoms. The molecule has 1 unspecified atom stereocenters. The summed E-state index contributed by atoms with van der Waals surface area (Å²) in [4.78, 5) is 0. The second-order valence-corrected chi connectivity index (χ2v) is 2.96. The molecule has 0 saturated carbocycles. The summed E-state index contributed by atoms with van der Waals surface area (Å²) < 4.78 is 21.8. The summed E-state index contributed by atoms with van der Waals surface area (Å²) in [6.07, 6.45) is 9.71. The second kappa shape index (κ2) is 3.72. The van der Waals surface area contributed by atoms with Crippen molar-refractivity contribution in [3.05, 3.63) is 24.3 Å². The molecule has 0 amide bonds. The fourth-order valence-electron chi connectivity index (χ4n) is 1.13. The monoisotopic (exact) mass is 155 g/mol. The van der Waals surface area contributed by atoms with Crippen LogP contribution >= 0.6 is 0 Å². The molecule has 0 saturated heterocycles. The van der Waals surface area contributed by atoms with Gasteiger partial charge < -0.3 is 5.11 Å². The highest BCUT2D eigenvalue weighted by atomic mass is 16.3. The van der Waals surface area contributed by atoms with Gasteiger partial charge in [-0.15, -0.1) is 0 Å². The van der Waals surface area contributed by atoms with Crippen LogP contribution in [0.2, 0.25) is 0 Å². The summed E-state index contributed by atoms with van der Waals surface area (Å²) in [7, 11) is 0. The first-order valence-corrected chi connectivity index (χ1v) is 4.02. The van der Waals surface area contributed by atoms with Gasteiger partial charge in [-0.05, 0) is 32.5 Å². The van der Waals surface area contributed by atoms with Crippen molar-refractivity contribution in [3.63, 3.8) is 0 Å². The van der Waals surface area contributed by atoms with E-state index >= 15 is 0 Å². The average molecular weight is 155 g/mol. The molecule has 1 N–H and O–H groups in total. The first-order chi connectivity index (χ1) is 6.46. The fourth-order valence-corrected chi connectivity index (χ4v) is 1.13. The number of allylic oxidation sites excluding steroid dienone is 3. The summed E-state index contributed by atoms with van der Waals surface area (Å²) in [5.74, 6) is 0. The predicted molar refractivity (Wildman–Crippen MR) is 47.4 cm³/mol. The Hall–Kier alpha value is -0.560. The van der Waals surface area contributed by atoms with Gasteiger partial charge in [0.15, 0.2) is 0 Å². The van der Waals surface area contributed by atoms with Gasteiger partial charge in [-0.3, -0.25) is 0 Å². The van der Waals surface area contributed by atoms with Gasteiger partial charge in [0.1, 0.15) is 0 Å². The van der Waals surface area contributed by atoms with Gasteiger partial charge in [-0.25, -0.2) is 0 Å². The second-order valence-electron chi connectivity index (χ2n) is 2.96. The van der Waals surface area contributed by atoms with Crippen LogP contribution in [0.3, 0.4) is 0 Å². The molecule has 11 heavy (non-hydrogen) atoms. The minimum absolute atomic E-state index is 0.307. The Bertz CT molecular complexity index is 242. The van der Waals surface area contributed by atoms with Crippen LogP contribution in [-0.4, -0.2) is 10.7 Å². The first-order valence-electron chi connectivity index (χ1n) is 5.52. The molecule has 0 aromatic heterocycles. The predicted octanol–water partition coefficient (Wildman–Crippen LogP) is 2.42. The molecular formula is C10H16O. The van der Waals surface area contributed by atoms with E-state index < -0.39 is 12.5 Å². The van der Waals surface area contributed by atoms with Gasteiger partial charge >= 0.3 is 0 Å². The van der Waals surface area contributed by atoms with E-state index in [1.165, 1.54) is 6.08 Å². The zero-order valence-corrected chi connectivity index (χ0v) is 6.59. The van der Waals surface area contributed by atoms with Crippen LogP contribution in [0.25, 0.3) is 0 Å². The van der Waals surface area contributed by atoms with Crippen LogP contribution in [0.1, 0.15) is 36.6 Å². The smallest absolute Gasteiger partial charge is 0.0802 e. The van der Waals surface area contributed by atoms with E-state index in [2.05, 4.69) is 0 Å². The van der Waals surface area contributed by atoms with Gasteiger partial charge in [-0.2, -0.15) is 0 Å². The highest BCUT2D eigenvalue weighted by molar-refractivity contribution is 5.09. The van der Waals surface area contributed by atoms with E-state index in [1.807, 2.05) is 6.08 Å². The lowest BCUT2D eigenvalue weighted by Gasteiger charge is -2.17.